The van der Waals surface area contributed by atoms with Crippen molar-refractivity contribution in [3.63, 3.8) is 0 Å². The first kappa shape index (κ1) is 14.5. The predicted molar refractivity (Wildman–Crippen MR) is 77.2 cm³/mol. The number of morpholine rings is 1. The zero-order valence-electron chi connectivity index (χ0n) is 12.1. The van der Waals surface area contributed by atoms with Crippen molar-refractivity contribution in [2.45, 2.75) is 38.0 Å². The molecule has 1 heterocycles. The molecule has 1 saturated heterocycles. The molecule has 114 valence electrons. The van der Waals surface area contributed by atoms with E-state index in [1.54, 1.807) is 12.1 Å². The van der Waals surface area contributed by atoms with Crippen LogP contribution in [0.5, 0.6) is 0 Å². The average molecular weight is 292 g/mol. The Labute approximate surface area is 124 Å². The lowest BCUT2D eigenvalue weighted by molar-refractivity contribution is -0.126. The summed E-state index contributed by atoms with van der Waals surface area (Å²) in [6.07, 6.45) is 3.72. The summed E-state index contributed by atoms with van der Waals surface area (Å²) < 4.78 is 18.6. The van der Waals surface area contributed by atoms with E-state index in [9.17, 15) is 9.18 Å². The van der Waals surface area contributed by atoms with Gasteiger partial charge in [-0.25, -0.2) is 4.39 Å². The van der Waals surface area contributed by atoms with Crippen LogP contribution in [0.4, 0.5) is 4.39 Å². The summed E-state index contributed by atoms with van der Waals surface area (Å²) in [5.41, 5.74) is 0.908. The van der Waals surface area contributed by atoms with E-state index in [-0.39, 0.29) is 11.7 Å². The van der Waals surface area contributed by atoms with E-state index < -0.39 is 0 Å². The zero-order chi connectivity index (χ0) is 14.7. The van der Waals surface area contributed by atoms with Crippen molar-refractivity contribution in [1.82, 2.24) is 10.2 Å². The summed E-state index contributed by atoms with van der Waals surface area (Å²) in [6, 6.07) is 6.60. The van der Waals surface area contributed by atoms with Gasteiger partial charge in [0, 0.05) is 19.1 Å². The Hall–Kier alpha value is -1.46. The Balaban J connectivity index is 1.48. The van der Waals surface area contributed by atoms with Crippen molar-refractivity contribution in [2.75, 3.05) is 19.7 Å². The molecule has 4 nitrogen and oxygen atoms in total. The topological polar surface area (TPSA) is 41.6 Å². The van der Waals surface area contributed by atoms with Crippen LogP contribution < -0.4 is 5.32 Å². The number of hydrogen-bond acceptors (Lipinski definition) is 3. The number of benzene rings is 1. The van der Waals surface area contributed by atoms with Crippen LogP contribution in [0.15, 0.2) is 24.3 Å². The van der Waals surface area contributed by atoms with Crippen molar-refractivity contribution < 1.29 is 13.9 Å². The summed E-state index contributed by atoms with van der Waals surface area (Å²) in [4.78, 5) is 14.3. The summed E-state index contributed by atoms with van der Waals surface area (Å²) in [7, 11) is 0. The second-order valence-corrected chi connectivity index (χ2v) is 5.78. The van der Waals surface area contributed by atoms with Crippen molar-refractivity contribution in [3.05, 3.63) is 35.6 Å². The van der Waals surface area contributed by atoms with Gasteiger partial charge in [-0.3, -0.25) is 9.69 Å². The molecule has 2 atom stereocenters. The summed E-state index contributed by atoms with van der Waals surface area (Å²) >= 11 is 0. The number of hydrogen-bond donors (Lipinski definition) is 1. The molecule has 1 saturated carbocycles. The number of carbonyl (C=O) groups is 1. The minimum absolute atomic E-state index is 0.0203. The van der Waals surface area contributed by atoms with E-state index in [1.807, 2.05) is 0 Å². The zero-order valence-corrected chi connectivity index (χ0v) is 12.1. The molecule has 0 aromatic heterocycles. The second kappa shape index (κ2) is 6.54. The van der Waals surface area contributed by atoms with E-state index in [0.717, 1.165) is 24.9 Å². The molecule has 2 aliphatic rings. The maximum atomic E-state index is 12.8. The van der Waals surface area contributed by atoms with Crippen LogP contribution in [0.2, 0.25) is 0 Å². The number of ether oxygens (including phenoxy) is 1. The Morgan fingerprint density at radius 2 is 2.14 bits per heavy atom. The van der Waals surface area contributed by atoms with Gasteiger partial charge in [0.05, 0.1) is 19.3 Å². The number of nitrogens with zero attached hydrogens (tertiary/aromatic N) is 1. The summed E-state index contributed by atoms with van der Waals surface area (Å²) in [5, 5.41) is 2.90. The normalized spacial score (nSPS) is 25.6. The first-order valence-corrected chi connectivity index (χ1v) is 7.59. The Bertz CT molecular complexity index is 492. The molecule has 0 spiro atoms. The Kier molecular flexibility index (Phi) is 4.51. The highest BCUT2D eigenvalue weighted by Crippen LogP contribution is 2.29. The highest BCUT2D eigenvalue weighted by molar-refractivity contribution is 5.78. The largest absolute Gasteiger partial charge is 0.375 e. The van der Waals surface area contributed by atoms with Crippen molar-refractivity contribution >= 4 is 5.91 Å². The maximum Gasteiger partial charge on any atom is 0.234 e. The molecule has 2 fully saturated rings. The third-order valence-electron chi connectivity index (χ3n) is 4.35. The van der Waals surface area contributed by atoms with Crippen LogP contribution in [0, 0.1) is 5.82 Å². The van der Waals surface area contributed by atoms with Gasteiger partial charge in [-0.1, -0.05) is 12.1 Å². The van der Waals surface area contributed by atoms with Crippen molar-refractivity contribution in [3.8, 4) is 0 Å². The number of carbonyl (C=O) groups excluding carboxylic acids is 1. The van der Waals surface area contributed by atoms with Crippen LogP contribution in [-0.4, -0.2) is 42.6 Å². The molecule has 1 N–H and O–H groups in total. The second-order valence-electron chi connectivity index (χ2n) is 5.78. The van der Waals surface area contributed by atoms with Crippen LogP contribution in [0.25, 0.3) is 0 Å². The number of amides is 1. The highest BCUT2D eigenvalue weighted by atomic mass is 19.1. The summed E-state index contributed by atoms with van der Waals surface area (Å²) in [5.74, 6) is -0.238. The average Bonchev–Trinajstić information content (AvgIpc) is 2.96. The monoisotopic (exact) mass is 292 g/mol. The third kappa shape index (κ3) is 3.60. The molecule has 5 heteroatoms. The van der Waals surface area contributed by atoms with Crippen LogP contribution >= 0.6 is 0 Å². The molecule has 1 aromatic carbocycles. The van der Waals surface area contributed by atoms with E-state index in [4.69, 9.17) is 4.74 Å². The van der Waals surface area contributed by atoms with Gasteiger partial charge in [0.1, 0.15) is 5.82 Å². The lowest BCUT2D eigenvalue weighted by atomic mass is 10.1. The van der Waals surface area contributed by atoms with Gasteiger partial charge in [0.15, 0.2) is 0 Å². The van der Waals surface area contributed by atoms with Crippen LogP contribution in [-0.2, 0) is 16.1 Å². The fourth-order valence-corrected chi connectivity index (χ4v) is 3.25. The number of rotatable bonds is 4. The van der Waals surface area contributed by atoms with Gasteiger partial charge < -0.3 is 10.1 Å². The van der Waals surface area contributed by atoms with Gasteiger partial charge >= 0.3 is 0 Å². The standard InChI is InChI=1S/C16H21FN2O2/c17-13-6-4-12(5-7-13)10-18-16(20)11-19-8-9-21-15-3-1-2-14(15)19/h4-7,14-15H,1-3,8-11H2,(H,18,20)/t14-,15+/m0/s1. The van der Waals surface area contributed by atoms with Gasteiger partial charge in [0.2, 0.25) is 5.91 Å². The SMILES string of the molecule is O=C(CN1CCO[C@@H]2CCC[C@@H]21)NCc1ccc(F)cc1. The summed E-state index contributed by atoms with van der Waals surface area (Å²) in [6.45, 7) is 2.40. The van der Waals surface area contributed by atoms with Crippen LogP contribution in [0.1, 0.15) is 24.8 Å². The fourth-order valence-electron chi connectivity index (χ4n) is 3.25. The molecule has 1 aromatic rings. The molecule has 3 rings (SSSR count). The van der Waals surface area contributed by atoms with E-state index in [1.165, 1.54) is 18.6 Å². The van der Waals surface area contributed by atoms with Crippen molar-refractivity contribution in [1.29, 1.82) is 0 Å². The van der Waals surface area contributed by atoms with E-state index in [2.05, 4.69) is 10.2 Å². The third-order valence-corrected chi connectivity index (χ3v) is 4.35. The van der Waals surface area contributed by atoms with E-state index >= 15 is 0 Å². The molecule has 1 aliphatic carbocycles. The Morgan fingerprint density at radius 1 is 1.33 bits per heavy atom. The first-order valence-electron chi connectivity index (χ1n) is 7.59. The van der Waals surface area contributed by atoms with Gasteiger partial charge in [0.25, 0.3) is 0 Å². The quantitative estimate of drug-likeness (QED) is 0.918. The smallest absolute Gasteiger partial charge is 0.234 e. The molecule has 0 radical (unpaired) electrons. The minimum Gasteiger partial charge on any atom is -0.375 e. The predicted octanol–water partition coefficient (Wildman–Crippen LogP) is 1.70. The molecule has 1 aliphatic heterocycles. The lowest BCUT2D eigenvalue weighted by Gasteiger charge is -2.37. The van der Waals surface area contributed by atoms with Gasteiger partial charge in [-0.15, -0.1) is 0 Å². The number of nitrogens with one attached hydrogen (secondary N) is 1. The van der Waals surface area contributed by atoms with Crippen LogP contribution in [0.3, 0.4) is 0 Å². The number of halogens is 1. The van der Waals surface area contributed by atoms with Gasteiger partial charge in [-0.2, -0.15) is 0 Å². The van der Waals surface area contributed by atoms with Gasteiger partial charge in [-0.05, 0) is 37.0 Å². The highest BCUT2D eigenvalue weighted by Gasteiger charge is 2.36. The lowest BCUT2D eigenvalue weighted by Crippen LogP contribution is -2.51. The molecule has 1 amide bonds. The molecule has 21 heavy (non-hydrogen) atoms. The molecular formula is C16H21FN2O2. The van der Waals surface area contributed by atoms with Crippen molar-refractivity contribution in [2.24, 2.45) is 0 Å². The fraction of sp³-hybridized carbons (Fsp3) is 0.562. The molecule has 0 bridgehead atoms. The number of fused-ring (bicyclic) bond motifs is 1. The first-order chi connectivity index (χ1) is 10.2. The molecular weight excluding hydrogens is 271 g/mol. The van der Waals surface area contributed by atoms with E-state index in [0.29, 0.717) is 31.8 Å². The Morgan fingerprint density at radius 3 is 2.95 bits per heavy atom. The minimum atomic E-state index is -0.259. The maximum absolute atomic E-state index is 12.8. The molecule has 0 unspecified atom stereocenters.